The van der Waals surface area contributed by atoms with Crippen LogP contribution in [-0.4, -0.2) is 38.9 Å². The molecule has 0 atom stereocenters. The first-order valence-corrected chi connectivity index (χ1v) is 36.4. The van der Waals surface area contributed by atoms with Crippen molar-refractivity contribution in [3.05, 3.63) is 368 Å². The van der Waals surface area contributed by atoms with E-state index in [0.717, 1.165) is 60.3 Å². The smallest absolute Gasteiger partial charge is 0.537 e. The fraction of sp³-hybridized carbons (Fsp3) is 0.0200. The Morgan fingerprint density at radius 2 is 0.593 bits per heavy atom. The van der Waals surface area contributed by atoms with Gasteiger partial charge in [0.1, 0.15) is 5.75 Å². The number of halogens is 1. The largest absolute Gasteiger partial charge is 0.569 e. The van der Waals surface area contributed by atoms with Gasteiger partial charge in [-0.3, -0.25) is 0 Å². The molecule has 511 valence electrons. The Hall–Kier alpha value is -13.4. The second kappa shape index (κ2) is 28.2. The van der Waals surface area contributed by atoms with Crippen molar-refractivity contribution in [3.63, 3.8) is 0 Å². The van der Waals surface area contributed by atoms with Crippen molar-refractivity contribution < 1.29 is 28.7 Å². The van der Waals surface area contributed by atoms with Crippen LogP contribution in [-0.2, 0) is 9.47 Å². The second-order valence-corrected chi connectivity index (χ2v) is 27.5. The minimum atomic E-state index is -0.409. The Balaban J connectivity index is 0.000000132. The number of esters is 2. The van der Waals surface area contributed by atoms with Gasteiger partial charge in [0, 0.05) is 5.02 Å². The summed E-state index contributed by atoms with van der Waals surface area (Å²) in [6.45, 7) is 0. The van der Waals surface area contributed by atoms with E-state index in [0.29, 0.717) is 29.6 Å². The van der Waals surface area contributed by atoms with E-state index in [1.807, 2.05) is 60.7 Å². The standard InChI is InChI=1S/C50H32O2.C40H25ClO2.C10H8BO2/c1-52-50(51)44-30-36(35-24-23-31-13-8-9-18-34(31)29-35)25-26-38(44)37-27-28-43-47-39(37)21-12-22-42(47)48-45(32-14-4-2-5-15-32)40-19-10-11-20-41(40)46(49(43)48)33-16-6-3-7-17-33;1-43-40(42)34-23-26(41)19-20-28(34)27-21-22-33-37-29(27)17-10-18-32(37)38-35(24-11-4-2-5-12-24)30-15-8-9-16-31(30)36(39(33)38)25-13-6-3-7-14-25;12-11-13-10-6-5-8-3-1-2-4-9(8)7-10/h2-30H,1H3;2-23H,1H3;1-7,12H. The lowest BCUT2D eigenvalue weighted by atomic mass is 9.82. The van der Waals surface area contributed by atoms with Crippen LogP contribution in [0, 0.1) is 0 Å². The van der Waals surface area contributed by atoms with E-state index >= 15 is 0 Å². The van der Waals surface area contributed by atoms with Gasteiger partial charge < -0.3 is 19.2 Å². The van der Waals surface area contributed by atoms with Crippen LogP contribution in [0.2, 0.25) is 5.02 Å². The van der Waals surface area contributed by atoms with Gasteiger partial charge in [0.15, 0.2) is 0 Å². The fourth-order valence-corrected chi connectivity index (χ4v) is 16.8. The number of benzene rings is 18. The lowest BCUT2D eigenvalue weighted by Gasteiger charge is -2.20. The van der Waals surface area contributed by atoms with E-state index in [9.17, 15) is 9.59 Å². The molecule has 0 saturated heterocycles. The SMILES string of the molecule is COC(=O)c1cc(-c2ccc3ccccc3c2)ccc1-c1ccc2c3c(cccc13)-c1c-2c(-c2ccccc2)c2ccccc2c1-c1ccccc1.COC(=O)c1cc(Cl)ccc1-c1ccc2c3c(cccc13)-c1c-2c(-c2ccccc2)c2ccccc2c1-c1ccccc1.O[B]Oc1ccc2ccccc2c1. The molecule has 2 aliphatic carbocycles. The molecule has 0 unspecified atom stereocenters. The van der Waals surface area contributed by atoms with Crippen LogP contribution in [0.5, 0.6) is 5.75 Å². The fourth-order valence-electron chi connectivity index (χ4n) is 16.6. The molecule has 1 N–H and O–H groups in total. The molecule has 108 heavy (non-hydrogen) atoms. The number of hydrogen-bond acceptors (Lipinski definition) is 6. The van der Waals surface area contributed by atoms with Gasteiger partial charge in [-0.05, 0) is 223 Å². The lowest BCUT2D eigenvalue weighted by molar-refractivity contribution is 0.0592. The van der Waals surface area contributed by atoms with E-state index in [2.05, 4.69) is 285 Å². The zero-order chi connectivity index (χ0) is 72.9. The molecule has 0 amide bonds. The average molecular weight is 1410 g/mol. The average Bonchev–Trinajstić information content (AvgIpc) is 1.54. The first-order valence-electron chi connectivity index (χ1n) is 36.0. The van der Waals surface area contributed by atoms with Crippen LogP contribution in [0.4, 0.5) is 0 Å². The Morgan fingerprint density at radius 3 is 1.02 bits per heavy atom. The highest BCUT2D eigenvalue weighted by Gasteiger charge is 2.34. The number of methoxy groups -OCH3 is 2. The Morgan fingerprint density at radius 1 is 0.269 bits per heavy atom. The first-order chi connectivity index (χ1) is 53.2. The van der Waals surface area contributed by atoms with Gasteiger partial charge in [0.2, 0.25) is 0 Å². The summed E-state index contributed by atoms with van der Waals surface area (Å²) in [6.07, 6.45) is 0. The maximum Gasteiger partial charge on any atom is 0.569 e. The number of rotatable bonds is 11. The van der Waals surface area contributed by atoms with Crippen molar-refractivity contribution in [2.24, 2.45) is 0 Å². The predicted molar refractivity (Wildman–Crippen MR) is 448 cm³/mol. The van der Waals surface area contributed by atoms with Gasteiger partial charge >= 0.3 is 19.6 Å². The lowest BCUT2D eigenvalue weighted by Crippen LogP contribution is -2.04. The predicted octanol–water partition coefficient (Wildman–Crippen LogP) is 26.1. The molecule has 1 radical (unpaired) electrons. The summed E-state index contributed by atoms with van der Waals surface area (Å²) in [5.41, 5.74) is 26.1. The molecule has 0 aliphatic heterocycles. The van der Waals surface area contributed by atoms with Crippen molar-refractivity contribution in [1.82, 2.24) is 0 Å². The van der Waals surface area contributed by atoms with Crippen LogP contribution in [0.15, 0.2) is 352 Å². The van der Waals surface area contributed by atoms with Gasteiger partial charge in [-0.15, -0.1) is 0 Å². The molecule has 8 heteroatoms. The summed E-state index contributed by atoms with van der Waals surface area (Å²) < 4.78 is 15.4. The zero-order valence-corrected chi connectivity index (χ0v) is 59.7. The molecule has 0 bridgehead atoms. The summed E-state index contributed by atoms with van der Waals surface area (Å²) in [6, 6.07) is 122. The van der Waals surface area contributed by atoms with Crippen molar-refractivity contribution in [1.29, 1.82) is 0 Å². The van der Waals surface area contributed by atoms with Crippen LogP contribution in [0.1, 0.15) is 20.7 Å². The molecule has 0 saturated carbocycles. The number of ether oxygens (including phenoxy) is 2. The highest BCUT2D eigenvalue weighted by Crippen LogP contribution is 2.61. The monoisotopic (exact) mass is 1410 g/mol. The van der Waals surface area contributed by atoms with Crippen LogP contribution in [0.3, 0.4) is 0 Å². The van der Waals surface area contributed by atoms with E-state index in [1.54, 1.807) is 6.07 Å². The summed E-state index contributed by atoms with van der Waals surface area (Å²) in [5.74, 6) is -0.123. The Labute approximate surface area is 630 Å². The molecule has 18 aromatic rings. The number of fused-ring (bicyclic) bond motifs is 10. The molecule has 20 rings (SSSR count). The summed E-state index contributed by atoms with van der Waals surface area (Å²) in [4.78, 5) is 26.5. The summed E-state index contributed by atoms with van der Waals surface area (Å²) in [5, 5.41) is 23.0. The Kier molecular flexibility index (Phi) is 17.4. The molecule has 18 aromatic carbocycles. The van der Waals surface area contributed by atoms with Crippen molar-refractivity contribution in [3.8, 4) is 128 Å². The van der Waals surface area contributed by atoms with Crippen molar-refractivity contribution in [2.45, 2.75) is 0 Å². The van der Waals surface area contributed by atoms with E-state index in [-0.39, 0.29) is 5.97 Å². The van der Waals surface area contributed by atoms with E-state index in [1.165, 1.54) is 141 Å². The molecule has 2 aliphatic rings. The van der Waals surface area contributed by atoms with Gasteiger partial charge in [-0.1, -0.05) is 327 Å². The van der Waals surface area contributed by atoms with Crippen molar-refractivity contribution in [2.75, 3.05) is 14.2 Å². The quantitative estimate of drug-likeness (QED) is 0.103. The highest BCUT2D eigenvalue weighted by atomic mass is 35.5. The highest BCUT2D eigenvalue weighted by molar-refractivity contribution is 6.33. The van der Waals surface area contributed by atoms with Crippen LogP contribution in [0.25, 0.3) is 187 Å². The Bertz CT molecular complexity index is 6450. The maximum atomic E-state index is 13.6. The number of carbonyl (C=O) groups is 2. The topological polar surface area (TPSA) is 82.1 Å². The zero-order valence-electron chi connectivity index (χ0n) is 58.9. The summed E-state index contributed by atoms with van der Waals surface area (Å²) >= 11 is 6.34. The first kappa shape index (κ1) is 66.5. The maximum absolute atomic E-state index is 13.6. The third kappa shape index (κ3) is 11.5. The normalized spacial score (nSPS) is 11.4. The van der Waals surface area contributed by atoms with Gasteiger partial charge in [-0.25, -0.2) is 9.59 Å². The molecular formula is C100H65BClO6. The third-order valence-corrected chi connectivity index (χ3v) is 21.5. The summed E-state index contributed by atoms with van der Waals surface area (Å²) in [7, 11) is 3.54. The van der Waals surface area contributed by atoms with Crippen molar-refractivity contribution >= 4 is 95.9 Å². The molecule has 0 aromatic heterocycles. The molecule has 0 spiro atoms. The molecule has 0 heterocycles. The molecule has 6 nitrogen and oxygen atoms in total. The van der Waals surface area contributed by atoms with E-state index < -0.39 is 5.97 Å². The van der Waals surface area contributed by atoms with Crippen LogP contribution >= 0.6 is 11.6 Å². The minimum absolute atomic E-state index is 0.354. The molecular weight excluding hydrogens is 1340 g/mol. The van der Waals surface area contributed by atoms with Gasteiger partial charge in [0.05, 0.1) is 25.3 Å². The van der Waals surface area contributed by atoms with E-state index in [4.69, 9.17) is 30.8 Å². The minimum Gasteiger partial charge on any atom is -0.537 e. The second-order valence-electron chi connectivity index (χ2n) is 27.1. The van der Waals surface area contributed by atoms with Gasteiger partial charge in [-0.2, -0.15) is 0 Å². The molecule has 0 fully saturated rings. The number of carbonyl (C=O) groups excluding carboxylic acids is 2. The van der Waals surface area contributed by atoms with Crippen LogP contribution < -0.4 is 4.65 Å². The third-order valence-electron chi connectivity index (χ3n) is 21.2. The number of hydrogen-bond donors (Lipinski definition) is 1. The van der Waals surface area contributed by atoms with Gasteiger partial charge in [0.25, 0.3) is 0 Å².